The van der Waals surface area contributed by atoms with E-state index in [1.54, 1.807) is 0 Å². The Morgan fingerprint density at radius 2 is 1.83 bits per heavy atom. The van der Waals surface area contributed by atoms with Crippen molar-refractivity contribution in [2.75, 3.05) is 26.3 Å². The fraction of sp³-hybridized carbons (Fsp3) is 1.00. The third kappa shape index (κ3) is 4.66. The van der Waals surface area contributed by atoms with Crippen LogP contribution in [0.4, 0.5) is 0 Å². The molecule has 0 aliphatic heterocycles. The van der Waals surface area contributed by atoms with Gasteiger partial charge in [-0.2, -0.15) is 0 Å². The summed E-state index contributed by atoms with van der Waals surface area (Å²) in [5, 5.41) is 0. The molecule has 0 aromatic heterocycles. The molecule has 0 saturated heterocycles. The summed E-state index contributed by atoms with van der Waals surface area (Å²) in [5.41, 5.74) is 16.5. The van der Waals surface area contributed by atoms with Crippen LogP contribution in [0.5, 0.6) is 0 Å². The van der Waals surface area contributed by atoms with Gasteiger partial charge in [0.25, 0.3) is 0 Å². The molecule has 0 amide bonds. The average molecular weight is 175 g/mol. The number of rotatable bonds is 6. The number of nitrogens with two attached hydrogens (primary N) is 3. The van der Waals surface area contributed by atoms with Crippen molar-refractivity contribution in [3.63, 3.8) is 0 Å². The molecular formula is C8H21N3O. The summed E-state index contributed by atoms with van der Waals surface area (Å²) < 4.78 is 5.36. The SMILES string of the molecule is CC(N)COCC(C)(CN)CN. The van der Waals surface area contributed by atoms with Crippen molar-refractivity contribution in [1.82, 2.24) is 0 Å². The maximum atomic E-state index is 5.54. The van der Waals surface area contributed by atoms with Gasteiger partial charge in [0.2, 0.25) is 0 Å². The smallest absolute Gasteiger partial charge is 0.0615 e. The zero-order chi connectivity index (χ0) is 9.61. The number of hydrogen-bond acceptors (Lipinski definition) is 4. The van der Waals surface area contributed by atoms with E-state index in [0.29, 0.717) is 26.3 Å². The lowest BCUT2D eigenvalue weighted by Gasteiger charge is -2.25. The first-order chi connectivity index (χ1) is 5.54. The van der Waals surface area contributed by atoms with E-state index in [-0.39, 0.29) is 11.5 Å². The van der Waals surface area contributed by atoms with Crippen LogP contribution in [0.3, 0.4) is 0 Å². The largest absolute Gasteiger partial charge is 0.379 e. The third-order valence-electron chi connectivity index (χ3n) is 1.82. The van der Waals surface area contributed by atoms with Gasteiger partial charge in [-0.1, -0.05) is 6.92 Å². The molecular weight excluding hydrogens is 154 g/mol. The van der Waals surface area contributed by atoms with Crippen molar-refractivity contribution < 1.29 is 4.74 Å². The highest BCUT2D eigenvalue weighted by Crippen LogP contribution is 2.11. The summed E-state index contributed by atoms with van der Waals surface area (Å²) in [6.45, 7) is 6.15. The quantitative estimate of drug-likeness (QED) is 0.497. The Labute approximate surface area is 74.4 Å². The molecule has 74 valence electrons. The Morgan fingerprint density at radius 3 is 2.17 bits per heavy atom. The van der Waals surface area contributed by atoms with E-state index in [1.807, 2.05) is 13.8 Å². The van der Waals surface area contributed by atoms with Crippen molar-refractivity contribution in [3.05, 3.63) is 0 Å². The van der Waals surface area contributed by atoms with Crippen molar-refractivity contribution in [2.45, 2.75) is 19.9 Å². The predicted molar refractivity (Wildman–Crippen MR) is 50.7 cm³/mol. The van der Waals surface area contributed by atoms with Crippen LogP contribution >= 0.6 is 0 Å². The first-order valence-electron chi connectivity index (χ1n) is 4.27. The van der Waals surface area contributed by atoms with Crippen molar-refractivity contribution >= 4 is 0 Å². The zero-order valence-electron chi connectivity index (χ0n) is 8.05. The lowest BCUT2D eigenvalue weighted by atomic mass is 9.92. The van der Waals surface area contributed by atoms with Crippen molar-refractivity contribution in [3.8, 4) is 0 Å². The second-order valence-corrected chi connectivity index (χ2v) is 3.71. The van der Waals surface area contributed by atoms with Crippen molar-refractivity contribution in [1.29, 1.82) is 0 Å². The Kier molecular flexibility index (Phi) is 5.41. The highest BCUT2D eigenvalue weighted by molar-refractivity contribution is 4.75. The van der Waals surface area contributed by atoms with Crippen molar-refractivity contribution in [2.24, 2.45) is 22.6 Å². The van der Waals surface area contributed by atoms with Crippen LogP contribution in [0.15, 0.2) is 0 Å². The highest BCUT2D eigenvalue weighted by atomic mass is 16.5. The summed E-state index contributed by atoms with van der Waals surface area (Å²) >= 11 is 0. The lowest BCUT2D eigenvalue weighted by Crippen LogP contribution is -2.40. The summed E-state index contributed by atoms with van der Waals surface area (Å²) in [6, 6.07) is 0.0739. The molecule has 6 N–H and O–H groups in total. The van der Waals surface area contributed by atoms with E-state index < -0.39 is 0 Å². The summed E-state index contributed by atoms with van der Waals surface area (Å²) in [6.07, 6.45) is 0. The van der Waals surface area contributed by atoms with E-state index in [2.05, 4.69) is 0 Å². The van der Waals surface area contributed by atoms with Crippen LogP contribution in [0.1, 0.15) is 13.8 Å². The zero-order valence-corrected chi connectivity index (χ0v) is 8.05. The minimum atomic E-state index is -0.102. The first-order valence-corrected chi connectivity index (χ1v) is 4.27. The summed E-state index contributed by atoms with van der Waals surface area (Å²) in [7, 11) is 0. The molecule has 1 unspecified atom stereocenters. The summed E-state index contributed by atoms with van der Waals surface area (Å²) in [5.74, 6) is 0. The molecule has 0 heterocycles. The molecule has 0 aliphatic rings. The van der Waals surface area contributed by atoms with Crippen LogP contribution < -0.4 is 17.2 Å². The van der Waals surface area contributed by atoms with E-state index >= 15 is 0 Å². The van der Waals surface area contributed by atoms with Crippen LogP contribution in [-0.2, 0) is 4.74 Å². The topological polar surface area (TPSA) is 87.3 Å². The second kappa shape index (κ2) is 5.48. The van der Waals surface area contributed by atoms with Gasteiger partial charge in [-0.15, -0.1) is 0 Å². The maximum Gasteiger partial charge on any atom is 0.0615 e. The molecule has 0 aromatic rings. The van der Waals surface area contributed by atoms with Crippen LogP contribution in [-0.4, -0.2) is 32.3 Å². The molecule has 0 rings (SSSR count). The van der Waals surface area contributed by atoms with E-state index in [1.165, 1.54) is 0 Å². The van der Waals surface area contributed by atoms with Gasteiger partial charge in [0.1, 0.15) is 0 Å². The van der Waals surface area contributed by atoms with Gasteiger partial charge in [0.05, 0.1) is 13.2 Å². The van der Waals surface area contributed by atoms with Gasteiger partial charge in [-0.3, -0.25) is 0 Å². The molecule has 1 atom stereocenters. The van der Waals surface area contributed by atoms with Gasteiger partial charge in [-0.05, 0) is 6.92 Å². The standard InChI is InChI=1S/C8H21N3O/c1-7(11)3-12-6-8(2,4-9)5-10/h7H,3-6,9-11H2,1-2H3. The molecule has 4 nitrogen and oxygen atoms in total. The van der Waals surface area contributed by atoms with Gasteiger partial charge >= 0.3 is 0 Å². The fourth-order valence-electron chi connectivity index (χ4n) is 0.692. The fourth-order valence-corrected chi connectivity index (χ4v) is 0.692. The minimum Gasteiger partial charge on any atom is -0.379 e. The molecule has 0 saturated carbocycles. The van der Waals surface area contributed by atoms with Gasteiger partial charge < -0.3 is 21.9 Å². The Bertz CT molecular complexity index is 113. The molecule has 0 aliphatic carbocycles. The van der Waals surface area contributed by atoms with Gasteiger partial charge in [0, 0.05) is 24.5 Å². The Hall–Kier alpha value is -0.160. The normalized spacial score (nSPS) is 14.8. The van der Waals surface area contributed by atoms with E-state index in [4.69, 9.17) is 21.9 Å². The third-order valence-corrected chi connectivity index (χ3v) is 1.82. The molecule has 0 bridgehead atoms. The number of ether oxygens (including phenoxy) is 1. The van der Waals surface area contributed by atoms with Crippen LogP contribution in [0.2, 0.25) is 0 Å². The Balaban J connectivity index is 3.58. The lowest BCUT2D eigenvalue weighted by molar-refractivity contribution is 0.0556. The minimum absolute atomic E-state index is 0.0739. The molecule has 0 spiro atoms. The molecule has 0 radical (unpaired) electrons. The molecule has 0 fully saturated rings. The molecule has 0 aromatic carbocycles. The van der Waals surface area contributed by atoms with Crippen LogP contribution in [0, 0.1) is 5.41 Å². The monoisotopic (exact) mass is 175 g/mol. The predicted octanol–water partition coefficient (Wildman–Crippen LogP) is -0.726. The summed E-state index contributed by atoms with van der Waals surface area (Å²) in [4.78, 5) is 0. The van der Waals surface area contributed by atoms with E-state index in [0.717, 1.165) is 0 Å². The van der Waals surface area contributed by atoms with Gasteiger partial charge in [-0.25, -0.2) is 0 Å². The maximum absolute atomic E-state index is 5.54. The molecule has 12 heavy (non-hydrogen) atoms. The number of hydrogen-bond donors (Lipinski definition) is 3. The second-order valence-electron chi connectivity index (χ2n) is 3.71. The molecule has 4 heteroatoms. The first kappa shape index (κ1) is 11.8. The average Bonchev–Trinajstić information content (AvgIpc) is 2.03. The van der Waals surface area contributed by atoms with Crippen LogP contribution in [0.25, 0.3) is 0 Å². The van der Waals surface area contributed by atoms with Gasteiger partial charge in [0.15, 0.2) is 0 Å². The van der Waals surface area contributed by atoms with E-state index in [9.17, 15) is 0 Å². The highest BCUT2D eigenvalue weighted by Gasteiger charge is 2.20. The Morgan fingerprint density at radius 1 is 1.33 bits per heavy atom.